The van der Waals surface area contributed by atoms with E-state index in [0.29, 0.717) is 6.04 Å². The zero-order valence-electron chi connectivity index (χ0n) is 8.30. The van der Waals surface area contributed by atoms with E-state index in [1.54, 1.807) is 23.5 Å². The van der Waals surface area contributed by atoms with Gasteiger partial charge in [-0.1, -0.05) is 53.9 Å². The van der Waals surface area contributed by atoms with Gasteiger partial charge < -0.3 is 5.11 Å². The summed E-state index contributed by atoms with van der Waals surface area (Å²) >= 11 is 3.43. The zero-order valence-corrected chi connectivity index (χ0v) is 9.93. The highest BCUT2D eigenvalue weighted by Gasteiger charge is 2.19. The van der Waals surface area contributed by atoms with Gasteiger partial charge in [-0.25, -0.2) is 0 Å². The molecule has 0 amide bonds. The number of aliphatic imine (C=N–C) groups is 1. The predicted octanol–water partition coefficient (Wildman–Crippen LogP) is 2.56. The Morgan fingerprint density at radius 1 is 1.40 bits per heavy atom. The number of hydrogen-bond acceptors (Lipinski definition) is 4. The number of rotatable bonds is 3. The Kier molecular flexibility index (Phi) is 4.11. The monoisotopic (exact) mass is 239 g/mol. The fourth-order valence-corrected chi connectivity index (χ4v) is 3.43. The van der Waals surface area contributed by atoms with E-state index in [0.717, 1.165) is 15.9 Å². The molecule has 1 heterocycles. The summed E-state index contributed by atoms with van der Waals surface area (Å²) in [5.74, 6) is 1.77. The maximum atomic E-state index is 8.72. The number of hydrogen-bond donors (Lipinski definition) is 1. The molecular formula is C11H13NOS2. The van der Waals surface area contributed by atoms with E-state index in [1.807, 2.05) is 18.2 Å². The van der Waals surface area contributed by atoms with Gasteiger partial charge in [-0.3, -0.25) is 4.99 Å². The second-order valence-electron chi connectivity index (χ2n) is 3.20. The van der Waals surface area contributed by atoms with Crippen LogP contribution < -0.4 is 0 Å². The van der Waals surface area contributed by atoms with Crippen LogP contribution in [-0.4, -0.2) is 27.6 Å². The lowest BCUT2D eigenvalue weighted by molar-refractivity contribution is 0.323. The molecule has 0 unspecified atom stereocenters. The molecule has 1 aromatic rings. The summed E-state index contributed by atoms with van der Waals surface area (Å²) in [6.07, 6.45) is 0. The third kappa shape index (κ3) is 3.00. The van der Waals surface area contributed by atoms with Crippen molar-refractivity contribution in [3.63, 3.8) is 0 Å². The van der Waals surface area contributed by atoms with Gasteiger partial charge >= 0.3 is 0 Å². The van der Waals surface area contributed by atoms with Gasteiger partial charge in [0.2, 0.25) is 0 Å². The molecule has 1 aliphatic heterocycles. The van der Waals surface area contributed by atoms with Crippen molar-refractivity contribution in [1.29, 1.82) is 0 Å². The molecule has 0 bridgehead atoms. The number of aliphatic hydroxyl groups excluding tert-OH is 1. The van der Waals surface area contributed by atoms with Gasteiger partial charge in [-0.05, 0) is 5.56 Å². The summed E-state index contributed by atoms with van der Waals surface area (Å²) in [4.78, 5) is 4.63. The summed E-state index contributed by atoms with van der Waals surface area (Å²) in [6.45, 7) is 0.222. The maximum absolute atomic E-state index is 8.72. The van der Waals surface area contributed by atoms with Crippen LogP contribution in [0.3, 0.4) is 0 Å². The van der Waals surface area contributed by atoms with E-state index in [9.17, 15) is 0 Å². The van der Waals surface area contributed by atoms with E-state index in [-0.39, 0.29) is 6.61 Å². The first-order valence-electron chi connectivity index (χ1n) is 4.89. The van der Waals surface area contributed by atoms with Crippen molar-refractivity contribution in [1.82, 2.24) is 0 Å². The molecule has 1 N–H and O–H groups in total. The first-order chi connectivity index (χ1) is 7.40. The van der Waals surface area contributed by atoms with E-state index < -0.39 is 0 Å². The smallest absolute Gasteiger partial charge is 0.125 e. The van der Waals surface area contributed by atoms with Crippen LogP contribution in [-0.2, 0) is 0 Å². The van der Waals surface area contributed by atoms with E-state index >= 15 is 0 Å². The van der Waals surface area contributed by atoms with Gasteiger partial charge in [0, 0.05) is 11.5 Å². The Morgan fingerprint density at radius 3 is 2.93 bits per heavy atom. The summed E-state index contributed by atoms with van der Waals surface area (Å²) < 4.78 is 1.11. The van der Waals surface area contributed by atoms with E-state index in [4.69, 9.17) is 5.11 Å². The summed E-state index contributed by atoms with van der Waals surface area (Å²) in [5.41, 5.74) is 1.28. The molecule has 0 radical (unpaired) electrons. The molecule has 0 aromatic heterocycles. The van der Waals surface area contributed by atoms with Gasteiger partial charge in [0.1, 0.15) is 4.38 Å². The molecule has 2 rings (SSSR count). The molecule has 2 nitrogen and oxygen atoms in total. The van der Waals surface area contributed by atoms with Crippen LogP contribution in [0.15, 0.2) is 35.3 Å². The lowest BCUT2D eigenvalue weighted by Crippen LogP contribution is -1.92. The van der Waals surface area contributed by atoms with Crippen molar-refractivity contribution in [3.8, 4) is 0 Å². The lowest BCUT2D eigenvalue weighted by atomic mass is 10.1. The van der Waals surface area contributed by atoms with Gasteiger partial charge in [-0.2, -0.15) is 0 Å². The molecule has 0 saturated heterocycles. The van der Waals surface area contributed by atoms with Crippen LogP contribution in [0.4, 0.5) is 0 Å². The lowest BCUT2D eigenvalue weighted by Gasteiger charge is -2.04. The molecule has 4 heteroatoms. The highest BCUT2D eigenvalue weighted by atomic mass is 32.2. The second kappa shape index (κ2) is 5.58. The first kappa shape index (κ1) is 11.0. The van der Waals surface area contributed by atoms with Crippen LogP contribution in [0.2, 0.25) is 0 Å². The standard InChI is InChI=1S/C11H13NOS2/c13-6-7-14-11-12-10(8-15-11)9-4-2-1-3-5-9/h1-5,10,13H,6-8H2/t10-/m1/s1. The third-order valence-electron chi connectivity index (χ3n) is 2.13. The zero-order chi connectivity index (χ0) is 10.5. The van der Waals surface area contributed by atoms with Gasteiger partial charge in [-0.15, -0.1) is 0 Å². The maximum Gasteiger partial charge on any atom is 0.125 e. The molecule has 0 saturated carbocycles. The van der Waals surface area contributed by atoms with E-state index in [2.05, 4.69) is 17.1 Å². The topological polar surface area (TPSA) is 32.6 Å². The fourth-order valence-electron chi connectivity index (χ4n) is 1.41. The van der Waals surface area contributed by atoms with Crippen LogP contribution in [0.5, 0.6) is 0 Å². The van der Waals surface area contributed by atoms with Crippen molar-refractivity contribution in [2.24, 2.45) is 4.99 Å². The number of benzene rings is 1. The van der Waals surface area contributed by atoms with Crippen molar-refractivity contribution >= 4 is 27.9 Å². The Hall–Kier alpha value is -0.450. The van der Waals surface area contributed by atoms with Crippen molar-refractivity contribution in [2.75, 3.05) is 18.1 Å². The van der Waals surface area contributed by atoms with Crippen molar-refractivity contribution in [2.45, 2.75) is 6.04 Å². The number of thioether (sulfide) groups is 2. The Balaban J connectivity index is 1.99. The fraction of sp³-hybridized carbons (Fsp3) is 0.364. The quantitative estimate of drug-likeness (QED) is 0.880. The minimum absolute atomic E-state index is 0.222. The molecule has 0 aliphatic carbocycles. The van der Waals surface area contributed by atoms with Crippen LogP contribution >= 0.6 is 23.5 Å². The summed E-state index contributed by atoms with van der Waals surface area (Å²) in [7, 11) is 0. The van der Waals surface area contributed by atoms with Crippen molar-refractivity contribution in [3.05, 3.63) is 35.9 Å². The van der Waals surface area contributed by atoms with Crippen LogP contribution in [0.1, 0.15) is 11.6 Å². The first-order valence-corrected chi connectivity index (χ1v) is 6.86. The molecule has 1 aliphatic rings. The van der Waals surface area contributed by atoms with E-state index in [1.165, 1.54) is 5.56 Å². The largest absolute Gasteiger partial charge is 0.396 e. The number of aliphatic hydroxyl groups is 1. The molecule has 80 valence electrons. The third-order valence-corrected chi connectivity index (χ3v) is 4.41. The van der Waals surface area contributed by atoms with Gasteiger partial charge in [0.15, 0.2) is 0 Å². The molecule has 1 atom stereocenters. The summed E-state index contributed by atoms with van der Waals surface area (Å²) in [5, 5.41) is 8.72. The second-order valence-corrected chi connectivity index (χ2v) is 5.56. The molecule has 0 spiro atoms. The summed E-state index contributed by atoms with van der Waals surface area (Å²) in [6, 6.07) is 10.7. The number of nitrogens with zero attached hydrogens (tertiary/aromatic N) is 1. The minimum atomic E-state index is 0.222. The average molecular weight is 239 g/mol. The Bertz CT molecular complexity index is 340. The molecular weight excluding hydrogens is 226 g/mol. The normalized spacial score (nSPS) is 20.3. The highest BCUT2D eigenvalue weighted by molar-refractivity contribution is 8.39. The average Bonchev–Trinajstić information content (AvgIpc) is 2.76. The SMILES string of the molecule is OCCSC1=N[C@@H](c2ccccc2)CS1. The van der Waals surface area contributed by atoms with Crippen LogP contribution in [0, 0.1) is 0 Å². The van der Waals surface area contributed by atoms with Gasteiger partial charge in [0.25, 0.3) is 0 Å². The van der Waals surface area contributed by atoms with Crippen molar-refractivity contribution < 1.29 is 5.11 Å². The predicted molar refractivity (Wildman–Crippen MR) is 68.6 cm³/mol. The van der Waals surface area contributed by atoms with Crippen LogP contribution in [0.25, 0.3) is 0 Å². The Labute approximate surface area is 98.2 Å². The molecule has 0 fully saturated rings. The van der Waals surface area contributed by atoms with Gasteiger partial charge in [0.05, 0.1) is 12.6 Å². The Morgan fingerprint density at radius 2 is 2.20 bits per heavy atom. The minimum Gasteiger partial charge on any atom is -0.396 e. The highest BCUT2D eigenvalue weighted by Crippen LogP contribution is 2.34. The molecule has 15 heavy (non-hydrogen) atoms. The molecule has 1 aromatic carbocycles.